The molecule has 0 saturated carbocycles. The number of aliphatic imine (C=N–C) groups is 2. The monoisotopic (exact) mass is 174 g/mol. The third-order valence-corrected chi connectivity index (χ3v) is 1.88. The Balaban J connectivity index is 2.58. The lowest BCUT2D eigenvalue weighted by molar-refractivity contribution is 0.885. The van der Waals surface area contributed by atoms with Gasteiger partial charge in [-0.1, -0.05) is 13.8 Å². The molecule has 1 aromatic rings. The topological polar surface area (TPSA) is 53.4 Å². The molecule has 1 aliphatic heterocycles. The van der Waals surface area contributed by atoms with Gasteiger partial charge < -0.3 is 0 Å². The summed E-state index contributed by atoms with van der Waals surface area (Å²) >= 11 is 0. The van der Waals surface area contributed by atoms with Crippen molar-refractivity contribution in [2.75, 3.05) is 0 Å². The number of aromatic amines is 1. The van der Waals surface area contributed by atoms with E-state index in [4.69, 9.17) is 0 Å². The van der Waals surface area contributed by atoms with E-state index in [1.54, 1.807) is 12.4 Å². The van der Waals surface area contributed by atoms with Crippen LogP contribution in [0.5, 0.6) is 0 Å². The Morgan fingerprint density at radius 1 is 1.46 bits per heavy atom. The maximum absolute atomic E-state index is 4.26. The predicted octanol–water partition coefficient (Wildman–Crippen LogP) is 1.68. The van der Waals surface area contributed by atoms with E-state index in [2.05, 4.69) is 39.9 Å². The maximum Gasteiger partial charge on any atom is 0.166 e. The molecule has 0 atom stereocenters. The molecule has 1 aromatic heterocycles. The number of fused-ring (bicyclic) bond motifs is 1. The van der Waals surface area contributed by atoms with Crippen LogP contribution in [0.25, 0.3) is 0 Å². The van der Waals surface area contributed by atoms with E-state index in [0.29, 0.717) is 5.92 Å². The van der Waals surface area contributed by atoms with Crippen molar-refractivity contribution in [1.29, 1.82) is 0 Å². The first-order chi connectivity index (χ1) is 6.29. The number of rotatable bonds is 1. The van der Waals surface area contributed by atoms with Crippen molar-refractivity contribution in [2.24, 2.45) is 15.9 Å². The Morgan fingerprint density at radius 3 is 3.08 bits per heavy atom. The fourth-order valence-electron chi connectivity index (χ4n) is 1.27. The number of nitrogens with zero attached hydrogens (tertiary/aromatic N) is 3. The minimum absolute atomic E-state index is 0.364. The summed E-state index contributed by atoms with van der Waals surface area (Å²) in [5, 5.41) is 6.73. The van der Waals surface area contributed by atoms with Crippen LogP contribution in [-0.4, -0.2) is 21.8 Å². The zero-order valence-electron chi connectivity index (χ0n) is 7.57. The molecule has 4 nitrogen and oxygen atoms in total. The first kappa shape index (κ1) is 7.95. The van der Waals surface area contributed by atoms with Gasteiger partial charge >= 0.3 is 0 Å². The Bertz CT molecular complexity index is 405. The van der Waals surface area contributed by atoms with Crippen LogP contribution in [-0.2, 0) is 0 Å². The molecule has 13 heavy (non-hydrogen) atoms. The van der Waals surface area contributed by atoms with Crippen molar-refractivity contribution < 1.29 is 0 Å². The van der Waals surface area contributed by atoms with E-state index in [0.717, 1.165) is 17.1 Å². The second-order valence-corrected chi connectivity index (χ2v) is 3.17. The highest BCUT2D eigenvalue weighted by Gasteiger charge is 2.14. The SMILES string of the molecule is CC(C)C1=NC=C=Nc2[nH]ncc21. The maximum atomic E-state index is 4.26. The molecule has 4 heteroatoms. The highest BCUT2D eigenvalue weighted by Crippen LogP contribution is 2.20. The van der Waals surface area contributed by atoms with E-state index in [1.165, 1.54) is 0 Å². The van der Waals surface area contributed by atoms with Gasteiger partial charge in [0.1, 0.15) is 0 Å². The fraction of sp³-hybridized carbons (Fsp3) is 0.333. The van der Waals surface area contributed by atoms with Gasteiger partial charge in [-0.3, -0.25) is 10.1 Å². The smallest absolute Gasteiger partial charge is 0.166 e. The molecule has 0 radical (unpaired) electrons. The summed E-state index contributed by atoms with van der Waals surface area (Å²) in [7, 11) is 0. The molecule has 2 rings (SSSR count). The largest absolute Gasteiger partial charge is 0.260 e. The van der Waals surface area contributed by atoms with Crippen LogP contribution >= 0.6 is 0 Å². The third-order valence-electron chi connectivity index (χ3n) is 1.88. The van der Waals surface area contributed by atoms with Crippen molar-refractivity contribution in [3.63, 3.8) is 0 Å². The first-order valence-corrected chi connectivity index (χ1v) is 4.18. The van der Waals surface area contributed by atoms with Crippen LogP contribution < -0.4 is 0 Å². The van der Waals surface area contributed by atoms with Gasteiger partial charge in [-0.2, -0.15) is 10.1 Å². The van der Waals surface area contributed by atoms with Gasteiger partial charge in [-0.05, 0) is 5.92 Å². The Kier molecular flexibility index (Phi) is 1.83. The minimum Gasteiger partial charge on any atom is -0.260 e. The second kappa shape index (κ2) is 2.99. The Labute approximate surface area is 76.1 Å². The van der Waals surface area contributed by atoms with Crippen LogP contribution in [0, 0.1) is 5.92 Å². The summed E-state index contributed by atoms with van der Waals surface area (Å²) in [5.41, 5.74) is 1.97. The number of hydrogen-bond donors (Lipinski definition) is 1. The molecule has 0 unspecified atom stereocenters. The van der Waals surface area contributed by atoms with Crippen LogP contribution in [0.3, 0.4) is 0 Å². The minimum atomic E-state index is 0.364. The Morgan fingerprint density at radius 2 is 2.31 bits per heavy atom. The lowest BCUT2D eigenvalue weighted by Gasteiger charge is -2.05. The normalized spacial score (nSPS) is 14.2. The molecule has 1 aliphatic rings. The summed E-state index contributed by atoms with van der Waals surface area (Å²) in [5.74, 6) is 3.82. The zero-order chi connectivity index (χ0) is 9.26. The molecule has 0 bridgehead atoms. The predicted molar refractivity (Wildman–Crippen MR) is 51.6 cm³/mol. The highest BCUT2D eigenvalue weighted by molar-refractivity contribution is 6.06. The molecule has 2 heterocycles. The average Bonchev–Trinajstić information content (AvgIpc) is 2.44. The lowest BCUT2D eigenvalue weighted by Crippen LogP contribution is -2.07. The fourth-order valence-corrected chi connectivity index (χ4v) is 1.27. The molecule has 0 amide bonds. The van der Waals surface area contributed by atoms with E-state index in [1.807, 2.05) is 0 Å². The summed E-state index contributed by atoms with van der Waals surface area (Å²) in [4.78, 5) is 8.30. The van der Waals surface area contributed by atoms with Gasteiger partial charge in [-0.25, -0.2) is 0 Å². The van der Waals surface area contributed by atoms with Crippen LogP contribution in [0.4, 0.5) is 5.82 Å². The molecule has 66 valence electrons. The number of nitrogens with one attached hydrogen (secondary N) is 1. The van der Waals surface area contributed by atoms with Gasteiger partial charge in [-0.15, -0.1) is 0 Å². The molecule has 0 saturated heterocycles. The van der Waals surface area contributed by atoms with E-state index >= 15 is 0 Å². The quantitative estimate of drug-likeness (QED) is 0.692. The molecule has 0 fully saturated rings. The number of aromatic nitrogens is 2. The molecule has 0 spiro atoms. The first-order valence-electron chi connectivity index (χ1n) is 4.18. The molecular weight excluding hydrogens is 164 g/mol. The van der Waals surface area contributed by atoms with Gasteiger partial charge in [0, 0.05) is 5.87 Å². The van der Waals surface area contributed by atoms with E-state index in [-0.39, 0.29) is 0 Å². The van der Waals surface area contributed by atoms with Crippen molar-refractivity contribution >= 4 is 17.4 Å². The number of hydrogen-bond acceptors (Lipinski definition) is 3. The summed E-state index contributed by atoms with van der Waals surface area (Å²) in [6.45, 7) is 4.18. The second-order valence-electron chi connectivity index (χ2n) is 3.17. The average molecular weight is 174 g/mol. The van der Waals surface area contributed by atoms with E-state index < -0.39 is 0 Å². The summed E-state index contributed by atoms with van der Waals surface area (Å²) in [6, 6.07) is 0. The summed E-state index contributed by atoms with van der Waals surface area (Å²) in [6.07, 6.45) is 3.34. The molecule has 0 aliphatic carbocycles. The molecular formula is C9H10N4. The van der Waals surface area contributed by atoms with Crippen LogP contribution in [0.1, 0.15) is 19.4 Å². The third kappa shape index (κ3) is 1.32. The van der Waals surface area contributed by atoms with Crippen molar-refractivity contribution in [2.45, 2.75) is 13.8 Å². The van der Waals surface area contributed by atoms with Gasteiger partial charge in [0.05, 0.1) is 23.7 Å². The van der Waals surface area contributed by atoms with Crippen molar-refractivity contribution in [3.05, 3.63) is 18.0 Å². The van der Waals surface area contributed by atoms with Crippen molar-refractivity contribution in [3.8, 4) is 0 Å². The summed E-state index contributed by atoms with van der Waals surface area (Å²) < 4.78 is 0. The Hall–Kier alpha value is -1.67. The van der Waals surface area contributed by atoms with Gasteiger partial charge in [0.2, 0.25) is 0 Å². The van der Waals surface area contributed by atoms with Gasteiger partial charge in [0.15, 0.2) is 5.82 Å². The zero-order valence-corrected chi connectivity index (χ0v) is 7.57. The molecule has 1 N–H and O–H groups in total. The standard InChI is InChI=1S/C9H10N4/c1-6(2)8-7-5-12-13-9(7)11-4-3-10-8/h3,5-6H,1-2H3,(H,12,13). The van der Waals surface area contributed by atoms with Crippen LogP contribution in [0.15, 0.2) is 22.4 Å². The van der Waals surface area contributed by atoms with Gasteiger partial charge in [0.25, 0.3) is 0 Å². The highest BCUT2D eigenvalue weighted by atomic mass is 15.2. The molecule has 0 aromatic carbocycles. The lowest BCUT2D eigenvalue weighted by atomic mass is 10.0. The van der Waals surface area contributed by atoms with Crippen molar-refractivity contribution in [1.82, 2.24) is 10.2 Å². The number of H-pyrrole nitrogens is 1. The van der Waals surface area contributed by atoms with E-state index in [9.17, 15) is 0 Å². The van der Waals surface area contributed by atoms with Crippen LogP contribution in [0.2, 0.25) is 0 Å².